The van der Waals surface area contributed by atoms with Crippen LogP contribution in [-0.2, 0) is 25.6 Å². The predicted molar refractivity (Wildman–Crippen MR) is 143 cm³/mol. The molecule has 2 aromatic rings. The standard InChI is InChI=1S/C25H33N9O5/c26-21(27)15-7-5-14(6-8-15)11-17(16-3-1-9-31-13-16)23(38)34-19(12-20(35)36)24(39)33-18(22(28)37)4-2-10-32-25(29)30/h1,3,5-9,13,17-19H,2,4,10-12H2,(H3,26,27)(H2,28,37)(H,33,39)(H,34,38)(H,35,36)(H4,29,30,32)/t17-,18?,19?/m0/s1. The Balaban J connectivity index is 2.21. The summed E-state index contributed by atoms with van der Waals surface area (Å²) in [5.74, 6) is -4.88. The summed E-state index contributed by atoms with van der Waals surface area (Å²) < 4.78 is 0. The molecule has 0 saturated heterocycles. The first-order valence-corrected chi connectivity index (χ1v) is 12.0. The quantitative estimate of drug-likeness (QED) is 0.0753. The molecule has 2 rings (SSSR count). The Morgan fingerprint density at radius 1 is 0.949 bits per heavy atom. The molecular weight excluding hydrogens is 506 g/mol. The number of primary amides is 1. The molecule has 14 heteroatoms. The summed E-state index contributed by atoms with van der Waals surface area (Å²) in [5.41, 5.74) is 17.9. The summed E-state index contributed by atoms with van der Waals surface area (Å²) >= 11 is 0. The molecule has 0 saturated carbocycles. The summed E-state index contributed by atoms with van der Waals surface area (Å²) in [6.45, 7) is 0.254. The molecule has 208 valence electrons. The Kier molecular flexibility index (Phi) is 11.4. The smallest absolute Gasteiger partial charge is 0.305 e. The second-order valence-corrected chi connectivity index (χ2v) is 8.76. The summed E-state index contributed by atoms with van der Waals surface area (Å²) in [5, 5.41) is 31.5. The number of hydrogen-bond donors (Lipinski definition) is 9. The summed E-state index contributed by atoms with van der Waals surface area (Å²) in [6, 6.07) is 7.43. The Bertz CT molecular complexity index is 1190. The number of aromatic nitrogens is 1. The first kappa shape index (κ1) is 30.2. The second kappa shape index (κ2) is 14.7. The maximum Gasteiger partial charge on any atom is 0.305 e. The zero-order valence-electron chi connectivity index (χ0n) is 21.1. The van der Waals surface area contributed by atoms with E-state index in [1.807, 2.05) is 0 Å². The van der Waals surface area contributed by atoms with Crippen molar-refractivity contribution in [3.05, 3.63) is 65.5 Å². The number of hydrogen-bond acceptors (Lipinski definition) is 7. The van der Waals surface area contributed by atoms with Crippen molar-refractivity contribution in [3.63, 3.8) is 0 Å². The molecule has 0 spiro atoms. The highest BCUT2D eigenvalue weighted by molar-refractivity contribution is 5.96. The normalized spacial score (nSPS) is 12.8. The van der Waals surface area contributed by atoms with Gasteiger partial charge in [-0.05, 0) is 36.5 Å². The van der Waals surface area contributed by atoms with E-state index < -0.39 is 48.1 Å². The molecule has 1 aromatic heterocycles. The van der Waals surface area contributed by atoms with Gasteiger partial charge in [-0.3, -0.25) is 35.0 Å². The van der Waals surface area contributed by atoms with E-state index in [0.29, 0.717) is 17.5 Å². The van der Waals surface area contributed by atoms with E-state index in [1.54, 1.807) is 36.4 Å². The van der Waals surface area contributed by atoms with Crippen LogP contribution >= 0.6 is 0 Å². The van der Waals surface area contributed by atoms with Gasteiger partial charge < -0.3 is 38.3 Å². The minimum Gasteiger partial charge on any atom is -0.481 e. The van der Waals surface area contributed by atoms with Gasteiger partial charge in [-0.25, -0.2) is 0 Å². The molecule has 0 aliphatic carbocycles. The number of rotatable bonds is 15. The molecule has 0 fully saturated rings. The first-order valence-electron chi connectivity index (χ1n) is 12.0. The summed E-state index contributed by atoms with van der Waals surface area (Å²) in [4.78, 5) is 53.8. The molecular formula is C25H33N9O5. The lowest BCUT2D eigenvalue weighted by Crippen LogP contribution is -2.54. The van der Waals surface area contributed by atoms with E-state index in [1.165, 1.54) is 12.4 Å². The lowest BCUT2D eigenvalue weighted by Gasteiger charge is -2.24. The second-order valence-electron chi connectivity index (χ2n) is 8.76. The Morgan fingerprint density at radius 2 is 1.62 bits per heavy atom. The van der Waals surface area contributed by atoms with Gasteiger partial charge in [0.05, 0.1) is 12.3 Å². The zero-order chi connectivity index (χ0) is 28.9. The van der Waals surface area contributed by atoms with Gasteiger partial charge in [0.15, 0.2) is 5.96 Å². The fourth-order valence-electron chi connectivity index (χ4n) is 3.74. The van der Waals surface area contributed by atoms with E-state index in [0.717, 1.165) is 5.56 Å². The van der Waals surface area contributed by atoms with Gasteiger partial charge >= 0.3 is 5.97 Å². The van der Waals surface area contributed by atoms with Gasteiger partial charge in [0.2, 0.25) is 17.7 Å². The lowest BCUT2D eigenvalue weighted by molar-refractivity contribution is -0.141. The fraction of sp³-hybridized carbons (Fsp3) is 0.320. The molecule has 0 radical (unpaired) electrons. The number of benzene rings is 1. The van der Waals surface area contributed by atoms with Crippen molar-refractivity contribution in [2.24, 2.45) is 17.2 Å². The fourth-order valence-corrected chi connectivity index (χ4v) is 3.74. The summed E-state index contributed by atoms with van der Waals surface area (Å²) in [7, 11) is 0. The van der Waals surface area contributed by atoms with Crippen LogP contribution in [0.4, 0.5) is 0 Å². The molecule has 2 unspecified atom stereocenters. The van der Waals surface area contributed by atoms with Crippen LogP contribution < -0.4 is 33.2 Å². The molecule has 3 amide bonds. The summed E-state index contributed by atoms with van der Waals surface area (Å²) in [6.07, 6.45) is 2.92. The van der Waals surface area contributed by atoms with E-state index >= 15 is 0 Å². The van der Waals surface area contributed by atoms with E-state index in [-0.39, 0.29) is 31.2 Å². The Morgan fingerprint density at radius 3 is 2.15 bits per heavy atom. The van der Waals surface area contributed by atoms with Gasteiger partial charge in [0, 0.05) is 24.5 Å². The van der Waals surface area contributed by atoms with Gasteiger partial charge in [-0.15, -0.1) is 0 Å². The highest BCUT2D eigenvalue weighted by Gasteiger charge is 2.30. The number of amidine groups is 1. The van der Waals surface area contributed by atoms with Crippen molar-refractivity contribution in [2.75, 3.05) is 6.54 Å². The number of carboxylic acid groups (broad SMARTS) is 1. The molecule has 0 aliphatic heterocycles. The van der Waals surface area contributed by atoms with E-state index in [2.05, 4.69) is 20.9 Å². The van der Waals surface area contributed by atoms with E-state index in [4.69, 9.17) is 28.0 Å². The number of amides is 3. The molecule has 1 aromatic carbocycles. The average molecular weight is 540 g/mol. The monoisotopic (exact) mass is 539 g/mol. The zero-order valence-corrected chi connectivity index (χ0v) is 21.1. The van der Waals surface area contributed by atoms with Crippen molar-refractivity contribution in [2.45, 2.75) is 43.7 Å². The van der Waals surface area contributed by atoms with Crippen LogP contribution in [0.3, 0.4) is 0 Å². The molecule has 3 atom stereocenters. The SMILES string of the molecule is N=C(N)NCCCC(NC(=O)C(CC(=O)O)NC(=O)[C@@H](Cc1ccc(C(=N)N)cc1)c1cccnc1)C(N)=O. The van der Waals surface area contributed by atoms with Crippen LogP contribution in [-0.4, -0.2) is 64.2 Å². The van der Waals surface area contributed by atoms with E-state index in [9.17, 15) is 24.3 Å². The minimum atomic E-state index is -1.49. The molecule has 12 N–H and O–H groups in total. The average Bonchev–Trinajstić information content (AvgIpc) is 2.88. The highest BCUT2D eigenvalue weighted by Crippen LogP contribution is 2.22. The maximum atomic E-state index is 13.4. The van der Waals surface area contributed by atoms with Crippen molar-refractivity contribution >= 4 is 35.5 Å². The number of nitrogens with two attached hydrogens (primary N) is 3. The number of nitrogen functional groups attached to an aromatic ring is 1. The number of carbonyl (C=O) groups is 4. The van der Waals surface area contributed by atoms with Crippen molar-refractivity contribution in [1.29, 1.82) is 10.8 Å². The number of carbonyl (C=O) groups excluding carboxylic acids is 3. The van der Waals surface area contributed by atoms with Crippen molar-refractivity contribution in [3.8, 4) is 0 Å². The molecule has 1 heterocycles. The predicted octanol–water partition coefficient (Wildman–Crippen LogP) is -1.12. The third kappa shape index (κ3) is 10.1. The maximum absolute atomic E-state index is 13.4. The van der Waals surface area contributed by atoms with Crippen molar-refractivity contribution in [1.82, 2.24) is 20.9 Å². The van der Waals surface area contributed by atoms with Crippen LogP contribution in [0.5, 0.6) is 0 Å². The van der Waals surface area contributed by atoms with Crippen LogP contribution in [0, 0.1) is 10.8 Å². The Hall–Kier alpha value is -5.01. The minimum absolute atomic E-state index is 0.101. The number of carboxylic acids is 1. The molecule has 14 nitrogen and oxygen atoms in total. The van der Waals surface area contributed by atoms with Crippen LogP contribution in [0.1, 0.15) is 41.9 Å². The molecule has 39 heavy (non-hydrogen) atoms. The number of aliphatic carboxylic acids is 1. The van der Waals surface area contributed by atoms with Crippen LogP contribution in [0.15, 0.2) is 48.8 Å². The third-order valence-corrected chi connectivity index (χ3v) is 5.76. The largest absolute Gasteiger partial charge is 0.481 e. The Labute approximate surface area is 224 Å². The number of nitrogens with one attached hydrogen (secondary N) is 5. The highest BCUT2D eigenvalue weighted by atomic mass is 16.4. The van der Waals surface area contributed by atoms with Gasteiger partial charge in [0.1, 0.15) is 17.9 Å². The number of guanidine groups is 1. The van der Waals surface area contributed by atoms with Gasteiger partial charge in [-0.2, -0.15) is 0 Å². The lowest BCUT2D eigenvalue weighted by atomic mass is 9.91. The van der Waals surface area contributed by atoms with Gasteiger partial charge in [-0.1, -0.05) is 30.3 Å². The van der Waals surface area contributed by atoms with Crippen LogP contribution in [0.25, 0.3) is 0 Å². The number of nitrogens with zero attached hydrogens (tertiary/aromatic N) is 1. The van der Waals surface area contributed by atoms with Crippen LogP contribution in [0.2, 0.25) is 0 Å². The molecule has 0 aliphatic rings. The topological polar surface area (TPSA) is 263 Å². The number of pyridine rings is 1. The first-order chi connectivity index (χ1) is 18.5. The third-order valence-electron chi connectivity index (χ3n) is 5.76. The van der Waals surface area contributed by atoms with Gasteiger partial charge in [0.25, 0.3) is 0 Å². The van der Waals surface area contributed by atoms with Crippen molar-refractivity contribution < 1.29 is 24.3 Å². The molecule has 0 bridgehead atoms.